The molecule has 0 aliphatic heterocycles. The van der Waals surface area contributed by atoms with Crippen molar-refractivity contribution in [2.24, 2.45) is 5.10 Å². The molecule has 0 radical (unpaired) electrons. The fourth-order valence-electron chi connectivity index (χ4n) is 2.47. The molecule has 0 aliphatic carbocycles. The molecule has 2 aromatic carbocycles. The van der Waals surface area contributed by atoms with E-state index < -0.39 is 15.8 Å². The Balaban J connectivity index is 1.98. The van der Waals surface area contributed by atoms with Gasteiger partial charge in [-0.2, -0.15) is 5.10 Å². The van der Waals surface area contributed by atoms with Crippen LogP contribution in [-0.4, -0.2) is 28.1 Å². The summed E-state index contributed by atoms with van der Waals surface area (Å²) in [5, 5.41) is 25.5. The molecule has 0 saturated carbocycles. The molecule has 1 N–H and O–H groups in total. The Morgan fingerprint density at radius 3 is 2.07 bits per heavy atom. The quantitative estimate of drug-likeness (QED) is 0.441. The maximum atomic E-state index is 12.0. The topological polar surface area (TPSA) is 137 Å². The number of rotatable bonds is 7. The third-order valence-corrected chi connectivity index (χ3v) is 3.85. The summed E-state index contributed by atoms with van der Waals surface area (Å²) in [7, 11) is 0. The first-order valence-corrected chi connectivity index (χ1v) is 8.15. The number of hydrogen-bond donors (Lipinski definition) is 1. The number of nitro benzene ring substituents is 2. The summed E-state index contributed by atoms with van der Waals surface area (Å²) >= 11 is 0. The fraction of sp³-hybridized carbons (Fsp3) is 0.222. The van der Waals surface area contributed by atoms with Gasteiger partial charge in [-0.05, 0) is 49.6 Å². The minimum atomic E-state index is -0.515. The lowest BCUT2D eigenvalue weighted by molar-refractivity contribution is -0.385. The Hall–Kier alpha value is -3.82. The number of nitro groups is 2. The van der Waals surface area contributed by atoms with Crippen LogP contribution < -0.4 is 10.2 Å². The molecular weight excluding hydrogens is 368 g/mol. The number of hydrogen-bond acceptors (Lipinski definition) is 7. The van der Waals surface area contributed by atoms with E-state index in [4.69, 9.17) is 4.74 Å². The number of ether oxygens (including phenoxy) is 1. The molecule has 0 fully saturated rings. The number of hydrazone groups is 1. The lowest BCUT2D eigenvalue weighted by Crippen LogP contribution is -2.26. The van der Waals surface area contributed by atoms with Crippen molar-refractivity contribution < 1.29 is 19.4 Å². The summed E-state index contributed by atoms with van der Waals surface area (Å²) in [5.41, 5.74) is 4.43. The Morgan fingerprint density at radius 2 is 1.57 bits per heavy atom. The number of nitrogens with one attached hydrogen (secondary N) is 1. The number of carbonyl (C=O) groups excluding carboxylic acids is 1. The van der Waals surface area contributed by atoms with E-state index in [-0.39, 0.29) is 18.0 Å². The third-order valence-electron chi connectivity index (χ3n) is 3.85. The number of non-ortho nitro benzene ring substituents is 2. The monoisotopic (exact) mass is 386 g/mol. The largest absolute Gasteiger partial charge is 0.483 e. The minimum Gasteiger partial charge on any atom is -0.483 e. The van der Waals surface area contributed by atoms with E-state index in [0.29, 0.717) is 28.2 Å². The van der Waals surface area contributed by atoms with Gasteiger partial charge in [-0.1, -0.05) is 0 Å². The standard InChI is InChI=1S/C18H18N4O6/c1-11-8-16(22(26)27)9-12(2)18(11)28-10-17(23)20-19-13(3)14-4-6-15(7-5-14)21(24)25/h4-9H,10H2,1-3H3,(H,20,23). The zero-order valence-corrected chi connectivity index (χ0v) is 15.5. The van der Waals surface area contributed by atoms with Crippen LogP contribution in [0.2, 0.25) is 0 Å². The molecule has 1 amide bonds. The van der Waals surface area contributed by atoms with E-state index in [2.05, 4.69) is 10.5 Å². The molecule has 28 heavy (non-hydrogen) atoms. The number of carbonyl (C=O) groups is 1. The zero-order chi connectivity index (χ0) is 20.8. The van der Waals surface area contributed by atoms with E-state index in [0.717, 1.165) is 0 Å². The molecule has 10 heteroatoms. The van der Waals surface area contributed by atoms with Crippen LogP contribution in [0.3, 0.4) is 0 Å². The third kappa shape index (κ3) is 5.10. The SMILES string of the molecule is CC(=NNC(=O)COc1c(C)cc([N+](=O)[O-])cc1C)c1ccc([N+](=O)[O-])cc1. The highest BCUT2D eigenvalue weighted by molar-refractivity contribution is 5.99. The molecule has 0 unspecified atom stereocenters. The lowest BCUT2D eigenvalue weighted by atomic mass is 10.1. The molecule has 10 nitrogen and oxygen atoms in total. The molecule has 0 atom stereocenters. The summed E-state index contributed by atoms with van der Waals surface area (Å²) in [6.07, 6.45) is 0. The van der Waals surface area contributed by atoms with Crippen LogP contribution in [0.5, 0.6) is 5.75 Å². The van der Waals surface area contributed by atoms with Crippen LogP contribution in [0, 0.1) is 34.1 Å². The van der Waals surface area contributed by atoms with Gasteiger partial charge in [0.2, 0.25) is 0 Å². The smallest absolute Gasteiger partial charge is 0.277 e. The minimum absolute atomic E-state index is 0.0391. The first kappa shape index (κ1) is 20.5. The van der Waals surface area contributed by atoms with Gasteiger partial charge in [0, 0.05) is 24.3 Å². The molecule has 0 aliphatic rings. The van der Waals surface area contributed by atoms with Crippen LogP contribution >= 0.6 is 0 Å². The lowest BCUT2D eigenvalue weighted by Gasteiger charge is -2.11. The van der Waals surface area contributed by atoms with E-state index in [1.165, 1.54) is 36.4 Å². The van der Waals surface area contributed by atoms with E-state index in [1.807, 2.05) is 0 Å². The summed E-state index contributed by atoms with van der Waals surface area (Å²) in [4.78, 5) is 32.5. The van der Waals surface area contributed by atoms with Gasteiger partial charge in [-0.15, -0.1) is 0 Å². The van der Waals surface area contributed by atoms with Gasteiger partial charge in [-0.3, -0.25) is 25.0 Å². The molecule has 0 bridgehead atoms. The number of amides is 1. The van der Waals surface area contributed by atoms with Gasteiger partial charge in [0.25, 0.3) is 17.3 Å². The highest BCUT2D eigenvalue weighted by atomic mass is 16.6. The fourth-order valence-corrected chi connectivity index (χ4v) is 2.47. The molecule has 0 heterocycles. The van der Waals surface area contributed by atoms with Gasteiger partial charge in [0.05, 0.1) is 15.6 Å². The number of benzene rings is 2. The summed E-state index contributed by atoms with van der Waals surface area (Å²) < 4.78 is 5.47. The first-order valence-electron chi connectivity index (χ1n) is 8.15. The van der Waals surface area contributed by atoms with Crippen LogP contribution in [0.15, 0.2) is 41.5 Å². The van der Waals surface area contributed by atoms with Crippen molar-refractivity contribution in [3.05, 3.63) is 73.3 Å². The molecule has 2 rings (SSSR count). The Labute approximate surface area is 160 Å². The average molecular weight is 386 g/mol. The Bertz CT molecular complexity index is 930. The summed E-state index contributed by atoms with van der Waals surface area (Å²) in [6, 6.07) is 8.50. The second-order valence-corrected chi connectivity index (χ2v) is 5.99. The van der Waals surface area contributed by atoms with Crippen LogP contribution in [0.25, 0.3) is 0 Å². The second kappa shape index (κ2) is 8.71. The van der Waals surface area contributed by atoms with E-state index in [1.54, 1.807) is 20.8 Å². The van der Waals surface area contributed by atoms with Crippen molar-refractivity contribution in [1.29, 1.82) is 0 Å². The van der Waals surface area contributed by atoms with Gasteiger partial charge in [0.15, 0.2) is 6.61 Å². The van der Waals surface area contributed by atoms with Gasteiger partial charge < -0.3 is 4.74 Å². The van der Waals surface area contributed by atoms with Crippen LogP contribution in [0.4, 0.5) is 11.4 Å². The molecule has 2 aromatic rings. The van der Waals surface area contributed by atoms with Crippen molar-refractivity contribution in [3.8, 4) is 5.75 Å². The predicted molar refractivity (Wildman–Crippen MR) is 102 cm³/mol. The maximum Gasteiger partial charge on any atom is 0.277 e. The molecule has 146 valence electrons. The Kier molecular flexibility index (Phi) is 6.38. The molecular formula is C18H18N4O6. The second-order valence-electron chi connectivity index (χ2n) is 5.99. The van der Waals surface area contributed by atoms with Crippen molar-refractivity contribution in [3.63, 3.8) is 0 Å². The van der Waals surface area contributed by atoms with Crippen LogP contribution in [-0.2, 0) is 4.79 Å². The van der Waals surface area contributed by atoms with Gasteiger partial charge >= 0.3 is 0 Å². The molecule has 0 saturated heterocycles. The van der Waals surface area contributed by atoms with Gasteiger partial charge in [-0.25, -0.2) is 5.43 Å². The Morgan fingerprint density at radius 1 is 1.04 bits per heavy atom. The molecule has 0 aromatic heterocycles. The zero-order valence-electron chi connectivity index (χ0n) is 15.5. The number of aryl methyl sites for hydroxylation is 2. The van der Waals surface area contributed by atoms with E-state index >= 15 is 0 Å². The summed E-state index contributed by atoms with van der Waals surface area (Å²) in [5.74, 6) is -0.116. The summed E-state index contributed by atoms with van der Waals surface area (Å²) in [6.45, 7) is 4.64. The normalized spacial score (nSPS) is 11.0. The van der Waals surface area contributed by atoms with E-state index in [9.17, 15) is 25.0 Å². The first-order chi connectivity index (χ1) is 13.2. The van der Waals surface area contributed by atoms with Crippen molar-refractivity contribution in [2.75, 3.05) is 6.61 Å². The highest BCUT2D eigenvalue weighted by Gasteiger charge is 2.14. The maximum absolute atomic E-state index is 12.0. The number of nitrogens with zero attached hydrogens (tertiary/aromatic N) is 3. The van der Waals surface area contributed by atoms with Gasteiger partial charge in [0.1, 0.15) is 5.75 Å². The molecule has 0 spiro atoms. The predicted octanol–water partition coefficient (Wildman–Crippen LogP) is 3.04. The van der Waals surface area contributed by atoms with Crippen LogP contribution in [0.1, 0.15) is 23.6 Å². The van der Waals surface area contributed by atoms with Crippen molar-refractivity contribution >= 4 is 23.0 Å². The van der Waals surface area contributed by atoms with Crippen molar-refractivity contribution in [1.82, 2.24) is 5.43 Å². The average Bonchev–Trinajstić information content (AvgIpc) is 2.65. The van der Waals surface area contributed by atoms with Crippen molar-refractivity contribution in [2.45, 2.75) is 20.8 Å². The highest BCUT2D eigenvalue weighted by Crippen LogP contribution is 2.28.